The van der Waals surface area contributed by atoms with E-state index in [4.69, 9.17) is 9.47 Å². The first-order chi connectivity index (χ1) is 14.5. The number of methoxy groups -OCH3 is 1. The first-order valence-corrected chi connectivity index (χ1v) is 10.3. The largest absolute Gasteiger partial charge is 0.495 e. The number of anilines is 2. The van der Waals surface area contributed by atoms with Gasteiger partial charge in [-0.3, -0.25) is 9.59 Å². The first-order valence-electron chi connectivity index (χ1n) is 10.3. The minimum Gasteiger partial charge on any atom is -0.495 e. The van der Waals surface area contributed by atoms with Gasteiger partial charge in [0.1, 0.15) is 11.5 Å². The summed E-state index contributed by atoms with van der Waals surface area (Å²) in [7, 11) is 1.66. The van der Waals surface area contributed by atoms with Crippen LogP contribution in [-0.2, 0) is 9.59 Å². The van der Waals surface area contributed by atoms with E-state index in [-0.39, 0.29) is 11.8 Å². The van der Waals surface area contributed by atoms with Crippen molar-refractivity contribution in [3.05, 3.63) is 48.5 Å². The van der Waals surface area contributed by atoms with Gasteiger partial charge in [-0.1, -0.05) is 24.3 Å². The molecule has 0 N–H and O–H groups in total. The zero-order chi connectivity index (χ0) is 21.3. The Morgan fingerprint density at radius 3 is 2.33 bits per heavy atom. The number of amides is 2. The highest BCUT2D eigenvalue weighted by atomic mass is 16.5. The zero-order valence-electron chi connectivity index (χ0n) is 17.6. The summed E-state index contributed by atoms with van der Waals surface area (Å²) in [4.78, 5) is 32.2. The quantitative estimate of drug-likeness (QED) is 0.727. The number of piperazine rings is 1. The van der Waals surface area contributed by atoms with E-state index in [2.05, 4.69) is 4.90 Å². The number of fused-ring (bicyclic) bond motifs is 1. The number of carbonyl (C=O) groups is 2. The Balaban J connectivity index is 1.52. The molecular formula is C23H27N3O4. The van der Waals surface area contributed by atoms with Gasteiger partial charge in [-0.25, -0.2) is 0 Å². The third-order valence-corrected chi connectivity index (χ3v) is 5.84. The highest BCUT2D eigenvalue weighted by molar-refractivity contribution is 6.16. The van der Waals surface area contributed by atoms with Crippen molar-refractivity contribution in [3.63, 3.8) is 0 Å². The van der Waals surface area contributed by atoms with Gasteiger partial charge in [-0.2, -0.15) is 0 Å². The molecular weight excluding hydrogens is 382 g/mol. The van der Waals surface area contributed by atoms with Crippen LogP contribution in [0.5, 0.6) is 11.5 Å². The Hall–Kier alpha value is -3.22. The van der Waals surface area contributed by atoms with E-state index in [1.165, 1.54) is 0 Å². The Morgan fingerprint density at radius 1 is 1.03 bits per heavy atom. The fourth-order valence-corrected chi connectivity index (χ4v) is 4.19. The van der Waals surface area contributed by atoms with Gasteiger partial charge in [0.25, 0.3) is 17.4 Å². The van der Waals surface area contributed by atoms with E-state index in [9.17, 15) is 9.59 Å². The molecule has 1 unspecified atom stereocenters. The van der Waals surface area contributed by atoms with Crippen molar-refractivity contribution < 1.29 is 19.1 Å². The molecule has 0 spiro atoms. The fourth-order valence-electron chi connectivity index (χ4n) is 4.19. The van der Waals surface area contributed by atoms with Crippen molar-refractivity contribution in [1.29, 1.82) is 0 Å². The molecule has 2 heterocycles. The van der Waals surface area contributed by atoms with Gasteiger partial charge in [-0.05, 0) is 38.1 Å². The maximum atomic E-state index is 13.4. The lowest BCUT2D eigenvalue weighted by Gasteiger charge is -2.43. The summed E-state index contributed by atoms with van der Waals surface area (Å²) in [5.41, 5.74) is 0.155. The summed E-state index contributed by atoms with van der Waals surface area (Å²) in [6, 6.07) is 15.2. The molecule has 1 fully saturated rings. The van der Waals surface area contributed by atoms with E-state index in [1.807, 2.05) is 49.4 Å². The van der Waals surface area contributed by atoms with Crippen LogP contribution in [0.4, 0.5) is 11.4 Å². The number of benzene rings is 2. The van der Waals surface area contributed by atoms with Crippen molar-refractivity contribution in [2.24, 2.45) is 0 Å². The SMILES string of the molecule is CCN1C(=O)C(C)(C(=O)N2CCN(c3ccccc3OC)CC2)Oc2ccccc21. The molecule has 0 saturated carbocycles. The van der Waals surface area contributed by atoms with Gasteiger partial charge in [-0.15, -0.1) is 0 Å². The van der Waals surface area contributed by atoms with Gasteiger partial charge in [0.05, 0.1) is 18.5 Å². The van der Waals surface area contributed by atoms with Crippen molar-refractivity contribution in [2.75, 3.05) is 49.6 Å². The summed E-state index contributed by atoms with van der Waals surface area (Å²) in [5, 5.41) is 0. The molecule has 0 radical (unpaired) electrons. The predicted octanol–water partition coefficient (Wildman–Crippen LogP) is 2.55. The number of likely N-dealkylation sites (N-methyl/N-ethyl adjacent to an activating group) is 1. The smallest absolute Gasteiger partial charge is 0.280 e. The highest BCUT2D eigenvalue weighted by Gasteiger charge is 2.52. The summed E-state index contributed by atoms with van der Waals surface area (Å²) in [5.74, 6) is 0.758. The molecule has 1 atom stereocenters. The molecule has 7 heteroatoms. The minimum atomic E-state index is -1.56. The Kier molecular flexibility index (Phi) is 5.28. The van der Waals surface area contributed by atoms with Crippen LogP contribution in [0.2, 0.25) is 0 Å². The number of para-hydroxylation sites is 4. The summed E-state index contributed by atoms with van der Waals surface area (Å²) >= 11 is 0. The summed E-state index contributed by atoms with van der Waals surface area (Å²) in [6.07, 6.45) is 0. The number of hydrogen-bond acceptors (Lipinski definition) is 5. The molecule has 0 bridgehead atoms. The molecule has 1 saturated heterocycles. The topological polar surface area (TPSA) is 62.3 Å². The van der Waals surface area contributed by atoms with Crippen LogP contribution in [0.25, 0.3) is 0 Å². The van der Waals surface area contributed by atoms with Crippen molar-refractivity contribution in [1.82, 2.24) is 4.90 Å². The lowest BCUT2D eigenvalue weighted by molar-refractivity contribution is -0.156. The summed E-state index contributed by atoms with van der Waals surface area (Å²) in [6.45, 7) is 6.30. The standard InChI is InChI=1S/C23H27N3O4/c1-4-26-18-10-6-8-12-20(18)30-23(2,22(26)28)21(27)25-15-13-24(14-16-25)17-9-5-7-11-19(17)29-3/h5-12H,4,13-16H2,1-3H3. The van der Waals surface area contributed by atoms with E-state index < -0.39 is 5.60 Å². The second-order valence-corrected chi connectivity index (χ2v) is 7.60. The van der Waals surface area contributed by atoms with Crippen LogP contribution in [-0.4, -0.2) is 62.1 Å². The van der Waals surface area contributed by atoms with Gasteiger partial charge >= 0.3 is 0 Å². The van der Waals surface area contributed by atoms with E-state index >= 15 is 0 Å². The van der Waals surface area contributed by atoms with Crippen LogP contribution < -0.4 is 19.3 Å². The molecule has 7 nitrogen and oxygen atoms in total. The average Bonchev–Trinajstić information content (AvgIpc) is 2.79. The Bertz CT molecular complexity index is 955. The number of rotatable bonds is 4. The third-order valence-electron chi connectivity index (χ3n) is 5.84. The van der Waals surface area contributed by atoms with Crippen LogP contribution in [0.15, 0.2) is 48.5 Å². The lowest BCUT2D eigenvalue weighted by Crippen LogP contribution is -2.64. The monoisotopic (exact) mass is 409 g/mol. The van der Waals surface area contributed by atoms with Crippen molar-refractivity contribution in [3.8, 4) is 11.5 Å². The van der Waals surface area contributed by atoms with Gasteiger partial charge in [0, 0.05) is 32.7 Å². The average molecular weight is 409 g/mol. The maximum absolute atomic E-state index is 13.4. The molecule has 2 aromatic rings. The molecule has 2 aliphatic heterocycles. The molecule has 0 aliphatic carbocycles. The Morgan fingerprint density at radius 2 is 1.67 bits per heavy atom. The van der Waals surface area contributed by atoms with Gasteiger partial charge in [0.2, 0.25) is 0 Å². The molecule has 2 aromatic carbocycles. The minimum absolute atomic E-state index is 0.292. The zero-order valence-corrected chi connectivity index (χ0v) is 17.6. The second kappa shape index (κ2) is 7.89. The number of carbonyl (C=O) groups excluding carboxylic acids is 2. The fraction of sp³-hybridized carbons (Fsp3) is 0.391. The van der Waals surface area contributed by atoms with Crippen LogP contribution >= 0.6 is 0 Å². The van der Waals surface area contributed by atoms with E-state index in [1.54, 1.807) is 29.9 Å². The first kappa shape index (κ1) is 20.1. The van der Waals surface area contributed by atoms with Crippen molar-refractivity contribution in [2.45, 2.75) is 19.4 Å². The molecule has 4 rings (SSSR count). The number of nitrogens with zero attached hydrogens (tertiary/aromatic N) is 3. The molecule has 0 aromatic heterocycles. The van der Waals surface area contributed by atoms with Crippen LogP contribution in [0.1, 0.15) is 13.8 Å². The predicted molar refractivity (Wildman–Crippen MR) is 115 cm³/mol. The second-order valence-electron chi connectivity index (χ2n) is 7.60. The van der Waals surface area contributed by atoms with Crippen LogP contribution in [0.3, 0.4) is 0 Å². The normalized spacial score (nSPS) is 21.2. The van der Waals surface area contributed by atoms with E-state index in [0.29, 0.717) is 44.2 Å². The lowest BCUT2D eigenvalue weighted by atomic mass is 9.98. The van der Waals surface area contributed by atoms with Gasteiger partial charge < -0.3 is 24.2 Å². The molecule has 158 valence electrons. The number of ether oxygens (including phenoxy) is 2. The van der Waals surface area contributed by atoms with Crippen LogP contribution in [0, 0.1) is 0 Å². The third kappa shape index (κ3) is 3.24. The van der Waals surface area contributed by atoms with E-state index in [0.717, 1.165) is 11.4 Å². The molecule has 2 aliphatic rings. The maximum Gasteiger partial charge on any atom is 0.280 e. The molecule has 2 amide bonds. The molecule has 30 heavy (non-hydrogen) atoms. The summed E-state index contributed by atoms with van der Waals surface area (Å²) < 4.78 is 11.5. The number of hydrogen-bond donors (Lipinski definition) is 0. The highest BCUT2D eigenvalue weighted by Crippen LogP contribution is 2.38. The van der Waals surface area contributed by atoms with Crippen molar-refractivity contribution >= 4 is 23.2 Å². The van der Waals surface area contributed by atoms with Gasteiger partial charge in [0.15, 0.2) is 0 Å². The Labute approximate surface area is 176 Å².